The number of rotatable bonds is 6. The average Bonchev–Trinajstić information content (AvgIpc) is 2.39. The third kappa shape index (κ3) is 3.99. The van der Waals surface area contributed by atoms with Gasteiger partial charge >= 0.3 is 0 Å². The van der Waals surface area contributed by atoms with Crippen molar-refractivity contribution in [3.05, 3.63) is 29.0 Å². The first-order chi connectivity index (χ1) is 8.70. The maximum absolute atomic E-state index is 12.2. The number of ether oxygens (including phenoxy) is 1. The van der Waals surface area contributed by atoms with E-state index in [2.05, 4.69) is 4.98 Å². The molecule has 0 spiro atoms. The summed E-state index contributed by atoms with van der Waals surface area (Å²) < 4.78 is 4.94. The summed E-state index contributed by atoms with van der Waals surface area (Å²) in [5.41, 5.74) is 0.341. The third-order valence-corrected chi connectivity index (χ3v) is 2.67. The van der Waals surface area contributed by atoms with Crippen LogP contribution in [0.2, 0.25) is 5.02 Å². The van der Waals surface area contributed by atoms with Crippen molar-refractivity contribution in [3.8, 4) is 6.07 Å². The van der Waals surface area contributed by atoms with Crippen molar-refractivity contribution in [2.45, 2.75) is 6.42 Å². The maximum atomic E-state index is 12.2. The van der Waals surface area contributed by atoms with Crippen LogP contribution >= 0.6 is 11.6 Å². The van der Waals surface area contributed by atoms with E-state index in [1.54, 1.807) is 13.2 Å². The number of hydrogen-bond acceptors (Lipinski definition) is 4. The number of halogens is 1. The Kier molecular flexibility index (Phi) is 6.12. The smallest absolute Gasteiger partial charge is 0.257 e. The monoisotopic (exact) mass is 267 g/mol. The fraction of sp³-hybridized carbons (Fsp3) is 0.417. The van der Waals surface area contributed by atoms with Gasteiger partial charge in [-0.1, -0.05) is 11.6 Å². The van der Waals surface area contributed by atoms with E-state index in [0.717, 1.165) is 0 Å². The summed E-state index contributed by atoms with van der Waals surface area (Å²) in [6.07, 6.45) is 3.22. The van der Waals surface area contributed by atoms with Gasteiger partial charge in [-0.25, -0.2) is 0 Å². The molecule has 0 aliphatic carbocycles. The van der Waals surface area contributed by atoms with Crippen molar-refractivity contribution >= 4 is 17.5 Å². The summed E-state index contributed by atoms with van der Waals surface area (Å²) in [6, 6.07) is 3.58. The van der Waals surface area contributed by atoms with E-state index in [9.17, 15) is 4.79 Å². The molecule has 0 unspecified atom stereocenters. The second-order valence-electron chi connectivity index (χ2n) is 3.55. The minimum absolute atomic E-state index is 0.236. The summed E-state index contributed by atoms with van der Waals surface area (Å²) in [7, 11) is 1.56. The highest BCUT2D eigenvalue weighted by molar-refractivity contribution is 6.33. The van der Waals surface area contributed by atoms with Crippen molar-refractivity contribution in [1.29, 1.82) is 5.26 Å². The van der Waals surface area contributed by atoms with E-state index >= 15 is 0 Å². The maximum Gasteiger partial charge on any atom is 0.257 e. The number of nitrogens with zero attached hydrogens (tertiary/aromatic N) is 3. The molecule has 96 valence electrons. The lowest BCUT2D eigenvalue weighted by atomic mass is 10.2. The second kappa shape index (κ2) is 7.64. The van der Waals surface area contributed by atoms with E-state index < -0.39 is 0 Å². The molecule has 0 saturated carbocycles. The summed E-state index contributed by atoms with van der Waals surface area (Å²) in [6.45, 7) is 1.18. The molecule has 1 aromatic rings. The fourth-order valence-electron chi connectivity index (χ4n) is 1.41. The Morgan fingerprint density at radius 1 is 1.61 bits per heavy atom. The molecule has 1 heterocycles. The van der Waals surface area contributed by atoms with Gasteiger partial charge in [-0.05, 0) is 6.07 Å². The lowest BCUT2D eigenvalue weighted by Gasteiger charge is -2.21. The number of aromatic nitrogens is 1. The van der Waals surface area contributed by atoms with Crippen LogP contribution in [0.25, 0.3) is 0 Å². The predicted octanol–water partition coefficient (Wildman–Crippen LogP) is 1.74. The number of pyridine rings is 1. The SMILES string of the molecule is COCCN(CCC#N)C(=O)c1cnccc1Cl. The lowest BCUT2D eigenvalue weighted by molar-refractivity contribution is 0.0699. The van der Waals surface area contributed by atoms with E-state index in [1.807, 2.05) is 6.07 Å². The number of carbonyl (C=O) groups excluding carboxylic acids is 1. The second-order valence-corrected chi connectivity index (χ2v) is 3.96. The standard InChI is InChI=1S/C12H14ClN3O2/c1-18-8-7-16(6-2-4-14)12(17)10-9-15-5-3-11(10)13/h3,5,9H,2,6-8H2,1H3. The van der Waals surface area contributed by atoms with Crippen molar-refractivity contribution in [2.75, 3.05) is 26.8 Å². The molecule has 1 rings (SSSR count). The Bertz CT molecular complexity index is 445. The molecule has 0 aromatic carbocycles. The zero-order valence-electron chi connectivity index (χ0n) is 10.1. The van der Waals surface area contributed by atoms with E-state index in [-0.39, 0.29) is 12.3 Å². The zero-order chi connectivity index (χ0) is 13.4. The zero-order valence-corrected chi connectivity index (χ0v) is 10.9. The number of methoxy groups -OCH3 is 1. The largest absolute Gasteiger partial charge is 0.383 e. The molecule has 5 nitrogen and oxygen atoms in total. The first-order valence-corrected chi connectivity index (χ1v) is 5.83. The first kappa shape index (κ1) is 14.4. The summed E-state index contributed by atoms with van der Waals surface area (Å²) >= 11 is 5.95. The number of nitriles is 1. The molecule has 6 heteroatoms. The highest BCUT2D eigenvalue weighted by Crippen LogP contribution is 2.15. The molecule has 1 amide bonds. The van der Waals surface area contributed by atoms with Crippen LogP contribution in [0.3, 0.4) is 0 Å². The average molecular weight is 268 g/mol. The van der Waals surface area contributed by atoms with Crippen LogP contribution in [0.4, 0.5) is 0 Å². The van der Waals surface area contributed by atoms with E-state index in [1.165, 1.54) is 17.3 Å². The van der Waals surface area contributed by atoms with Crippen molar-refractivity contribution in [3.63, 3.8) is 0 Å². The predicted molar refractivity (Wildman–Crippen MR) is 67.3 cm³/mol. The molecule has 0 radical (unpaired) electrons. The Balaban J connectivity index is 2.81. The minimum atomic E-state index is -0.236. The van der Waals surface area contributed by atoms with Crippen molar-refractivity contribution in [2.24, 2.45) is 0 Å². The normalized spacial score (nSPS) is 9.83. The van der Waals surface area contributed by atoms with Gasteiger partial charge in [0.25, 0.3) is 5.91 Å². The van der Waals surface area contributed by atoms with Crippen LogP contribution in [0, 0.1) is 11.3 Å². The molecule has 0 N–H and O–H groups in total. The third-order valence-electron chi connectivity index (χ3n) is 2.34. The van der Waals surface area contributed by atoms with Crippen molar-refractivity contribution in [1.82, 2.24) is 9.88 Å². The molecule has 0 aliphatic rings. The Morgan fingerprint density at radius 2 is 2.39 bits per heavy atom. The van der Waals surface area contributed by atoms with Crippen LogP contribution < -0.4 is 0 Å². The van der Waals surface area contributed by atoms with Gasteiger partial charge in [-0.3, -0.25) is 9.78 Å². The van der Waals surface area contributed by atoms with Gasteiger partial charge in [0, 0.05) is 32.6 Å². The highest BCUT2D eigenvalue weighted by Gasteiger charge is 2.17. The first-order valence-electron chi connectivity index (χ1n) is 5.45. The van der Waals surface area contributed by atoms with Crippen LogP contribution in [0.1, 0.15) is 16.8 Å². The minimum Gasteiger partial charge on any atom is -0.383 e. The van der Waals surface area contributed by atoms with Gasteiger partial charge in [0.2, 0.25) is 0 Å². The van der Waals surface area contributed by atoms with Gasteiger partial charge in [0.15, 0.2) is 0 Å². The van der Waals surface area contributed by atoms with Crippen LogP contribution in [0.5, 0.6) is 0 Å². The Hall–Kier alpha value is -1.64. The molecule has 0 saturated heterocycles. The summed E-state index contributed by atoms with van der Waals surface area (Å²) in [5, 5.41) is 8.95. The van der Waals surface area contributed by atoms with Gasteiger partial charge in [0.05, 0.1) is 29.7 Å². The van der Waals surface area contributed by atoms with Gasteiger partial charge in [-0.2, -0.15) is 5.26 Å². The molecule has 1 aromatic heterocycles. The summed E-state index contributed by atoms with van der Waals surface area (Å²) in [4.78, 5) is 17.6. The Morgan fingerprint density at radius 3 is 3.00 bits per heavy atom. The molecule has 0 bridgehead atoms. The molecule has 0 fully saturated rings. The molecule has 0 atom stereocenters. The topological polar surface area (TPSA) is 66.2 Å². The highest BCUT2D eigenvalue weighted by atomic mass is 35.5. The van der Waals surface area contributed by atoms with Gasteiger partial charge in [-0.15, -0.1) is 0 Å². The fourth-order valence-corrected chi connectivity index (χ4v) is 1.59. The molecule has 0 aliphatic heterocycles. The quantitative estimate of drug-likeness (QED) is 0.787. The van der Waals surface area contributed by atoms with Crippen LogP contribution in [-0.2, 0) is 4.74 Å². The van der Waals surface area contributed by atoms with Crippen molar-refractivity contribution < 1.29 is 9.53 Å². The Labute approximate surface area is 111 Å². The van der Waals surface area contributed by atoms with Gasteiger partial charge < -0.3 is 9.64 Å². The molecular formula is C12H14ClN3O2. The van der Waals surface area contributed by atoms with E-state index in [4.69, 9.17) is 21.6 Å². The number of amides is 1. The van der Waals surface area contributed by atoms with Gasteiger partial charge in [0.1, 0.15) is 0 Å². The van der Waals surface area contributed by atoms with E-state index in [0.29, 0.717) is 30.3 Å². The molecular weight excluding hydrogens is 254 g/mol. The van der Waals surface area contributed by atoms with Crippen LogP contribution in [0.15, 0.2) is 18.5 Å². The number of hydrogen-bond donors (Lipinski definition) is 0. The molecule has 18 heavy (non-hydrogen) atoms. The summed E-state index contributed by atoms with van der Waals surface area (Å²) in [5.74, 6) is -0.236. The van der Waals surface area contributed by atoms with Crippen LogP contribution in [-0.4, -0.2) is 42.6 Å². The lowest BCUT2D eigenvalue weighted by Crippen LogP contribution is -2.35. The number of carbonyl (C=O) groups is 1.